The largest absolute Gasteiger partial charge is 0.464 e. The normalized spacial score (nSPS) is 14.9. The van der Waals surface area contributed by atoms with Gasteiger partial charge in [0.05, 0.1) is 6.61 Å². The molecule has 0 bridgehead atoms. The summed E-state index contributed by atoms with van der Waals surface area (Å²) in [6.45, 7) is 2.65. The van der Waals surface area contributed by atoms with E-state index in [2.05, 4.69) is 0 Å². The predicted molar refractivity (Wildman–Crippen MR) is 55.0 cm³/mol. The second-order valence-electron chi connectivity index (χ2n) is 4.19. The summed E-state index contributed by atoms with van der Waals surface area (Å²) in [5.41, 5.74) is 4.90. The third-order valence-corrected chi connectivity index (χ3v) is 1.24. The van der Waals surface area contributed by atoms with Crippen LogP contribution in [0.3, 0.4) is 0 Å². The molecule has 82 valence electrons. The molecule has 0 aromatic heterocycles. The van der Waals surface area contributed by atoms with Crippen LogP contribution in [0.4, 0.5) is 0 Å². The van der Waals surface area contributed by atoms with E-state index in [0.29, 0.717) is 4.90 Å². The van der Waals surface area contributed by atoms with Gasteiger partial charge in [-0.3, -0.25) is 10.2 Å². The number of rotatable bonds is 3. The van der Waals surface area contributed by atoms with E-state index < -0.39 is 25.4 Å². The molecule has 0 saturated carbocycles. The minimum atomic E-state index is -2.62. The number of carbonyl (C=O) groups is 1. The third kappa shape index (κ3) is 6.28. The Hall–Kier alpha value is -1.26. The van der Waals surface area contributed by atoms with Crippen LogP contribution in [-0.4, -0.2) is 37.0 Å². The van der Waals surface area contributed by atoms with Gasteiger partial charge in [0.15, 0.2) is 5.96 Å². The molecule has 0 aliphatic heterocycles. The maximum atomic E-state index is 11.4. The van der Waals surface area contributed by atoms with Gasteiger partial charge in [0.2, 0.25) is 0 Å². The number of nitrogens with two attached hydrogens (primary N) is 1. The van der Waals surface area contributed by atoms with Crippen LogP contribution in [0.1, 0.15) is 24.9 Å². The van der Waals surface area contributed by atoms with Crippen molar-refractivity contribution in [2.24, 2.45) is 11.1 Å². The first-order chi connectivity index (χ1) is 7.43. The van der Waals surface area contributed by atoms with Crippen LogP contribution in [0.2, 0.25) is 0 Å². The average molecular weight is 204 g/mol. The van der Waals surface area contributed by atoms with Gasteiger partial charge in [-0.05, 0) is 5.41 Å². The van der Waals surface area contributed by atoms with Crippen LogP contribution < -0.4 is 5.73 Å². The Morgan fingerprint density at radius 3 is 2.57 bits per heavy atom. The highest BCUT2D eigenvalue weighted by molar-refractivity contribution is 5.80. The molecule has 0 unspecified atom stereocenters. The number of nitrogens with zero attached hydrogens (tertiary/aromatic N) is 1. The fourth-order valence-corrected chi connectivity index (χ4v) is 0.557. The molecule has 0 aromatic rings. The van der Waals surface area contributed by atoms with Gasteiger partial charge < -0.3 is 15.4 Å². The molecule has 3 N–H and O–H groups in total. The maximum Gasteiger partial charge on any atom is 0.325 e. The molecule has 0 rings (SSSR count). The summed E-state index contributed by atoms with van der Waals surface area (Å²) in [4.78, 5) is 11.9. The fraction of sp³-hybridized carbons (Fsp3) is 0.778. The van der Waals surface area contributed by atoms with Gasteiger partial charge in [0.1, 0.15) is 6.54 Å². The third-order valence-electron chi connectivity index (χ3n) is 1.24. The van der Waals surface area contributed by atoms with Crippen molar-refractivity contribution in [2.75, 3.05) is 20.1 Å². The van der Waals surface area contributed by atoms with Gasteiger partial charge in [-0.2, -0.15) is 0 Å². The molecule has 0 atom stereocenters. The maximum absolute atomic E-state index is 11.4. The van der Waals surface area contributed by atoms with E-state index in [1.54, 1.807) is 0 Å². The second kappa shape index (κ2) is 4.83. The molecule has 5 nitrogen and oxygen atoms in total. The minimum absolute atomic E-state index is 0.179. The lowest BCUT2D eigenvalue weighted by molar-refractivity contribution is -0.146. The first kappa shape index (κ1) is 8.08. The quantitative estimate of drug-likeness (QED) is 0.396. The zero-order valence-corrected chi connectivity index (χ0v) is 8.76. The van der Waals surface area contributed by atoms with Crippen molar-refractivity contribution in [3.63, 3.8) is 0 Å². The molecular weight excluding hydrogens is 182 g/mol. The van der Waals surface area contributed by atoms with Crippen molar-refractivity contribution in [3.8, 4) is 0 Å². The van der Waals surface area contributed by atoms with Crippen LogP contribution in [-0.2, 0) is 9.53 Å². The van der Waals surface area contributed by atoms with Gasteiger partial charge in [0, 0.05) is 11.1 Å². The Kier molecular flexibility index (Phi) is 2.79. The lowest BCUT2D eigenvalue weighted by atomic mass is 9.99. The number of nitrogens with one attached hydrogen (secondary N) is 1. The van der Waals surface area contributed by atoms with Crippen LogP contribution in [0.25, 0.3) is 0 Å². The molecule has 0 aromatic carbocycles. The van der Waals surface area contributed by atoms with Crippen LogP contribution in [0, 0.1) is 10.8 Å². The first-order valence-electron chi connectivity index (χ1n) is 5.71. The van der Waals surface area contributed by atoms with Crippen LogP contribution in [0.5, 0.6) is 0 Å². The molecule has 0 fully saturated rings. The summed E-state index contributed by atoms with van der Waals surface area (Å²) in [7, 11) is 0. The van der Waals surface area contributed by atoms with Gasteiger partial charge in [-0.25, -0.2) is 0 Å². The van der Waals surface area contributed by atoms with Crippen molar-refractivity contribution in [3.05, 3.63) is 0 Å². The summed E-state index contributed by atoms with van der Waals surface area (Å²) < 4.78 is 26.2. The fourth-order valence-electron chi connectivity index (χ4n) is 0.557. The number of likely N-dealkylation sites (N-methyl/N-ethyl adjacent to an activating group) is 1. The van der Waals surface area contributed by atoms with Crippen LogP contribution in [0.15, 0.2) is 0 Å². The molecule has 0 aliphatic carbocycles. The van der Waals surface area contributed by atoms with Gasteiger partial charge in [0.25, 0.3) is 0 Å². The van der Waals surface area contributed by atoms with Crippen molar-refractivity contribution in [2.45, 2.75) is 20.8 Å². The van der Waals surface area contributed by atoms with E-state index in [0.717, 1.165) is 0 Å². The van der Waals surface area contributed by atoms with E-state index in [9.17, 15) is 4.79 Å². The smallest absolute Gasteiger partial charge is 0.325 e. The second-order valence-corrected chi connectivity index (χ2v) is 4.19. The van der Waals surface area contributed by atoms with Crippen LogP contribution >= 0.6 is 0 Å². The number of ether oxygens (including phenoxy) is 1. The van der Waals surface area contributed by atoms with Crippen molar-refractivity contribution < 1.29 is 13.6 Å². The molecular formula is C9H19N3O2. The number of hydrogen-bond acceptors (Lipinski definition) is 3. The highest BCUT2D eigenvalue weighted by Gasteiger charge is 2.15. The van der Waals surface area contributed by atoms with E-state index >= 15 is 0 Å². The first-order valence-corrected chi connectivity index (χ1v) is 4.21. The van der Waals surface area contributed by atoms with E-state index in [1.807, 2.05) is 20.8 Å². The minimum Gasteiger partial charge on any atom is -0.464 e. The zero-order valence-electron chi connectivity index (χ0n) is 11.8. The number of hydrogen-bond donors (Lipinski definition) is 2. The summed E-state index contributed by atoms with van der Waals surface area (Å²) in [5, 5.41) is 7.09. The molecule has 0 aliphatic rings. The molecule has 0 amide bonds. The molecule has 0 saturated heterocycles. The van der Waals surface area contributed by atoms with Crippen molar-refractivity contribution >= 4 is 11.9 Å². The Morgan fingerprint density at radius 2 is 2.21 bits per heavy atom. The molecule has 0 radical (unpaired) electrons. The SMILES string of the molecule is [2H]C([2H])([2H])N(CC(=O)OCC(C)(C)C)C(=N)N. The Balaban J connectivity index is 4.39. The zero-order chi connectivity index (χ0) is 13.9. The monoisotopic (exact) mass is 204 g/mol. The highest BCUT2D eigenvalue weighted by atomic mass is 16.5. The van der Waals surface area contributed by atoms with Gasteiger partial charge >= 0.3 is 5.97 Å². The van der Waals surface area contributed by atoms with Gasteiger partial charge in [-0.1, -0.05) is 20.8 Å². The summed E-state index contributed by atoms with van der Waals surface area (Å²) in [5.74, 6) is -1.40. The predicted octanol–water partition coefficient (Wildman–Crippen LogP) is 0.401. The standard InChI is InChI=1S/C9H19N3O2/c1-9(2,3)6-14-7(13)5-12(4)8(10)11/h5-6H2,1-4H3,(H3,10,11)/i4D3. The Labute approximate surface area is 88.9 Å². The molecule has 14 heavy (non-hydrogen) atoms. The van der Waals surface area contributed by atoms with Gasteiger partial charge in [-0.15, -0.1) is 0 Å². The lowest BCUT2D eigenvalue weighted by Gasteiger charge is -2.20. The molecule has 0 heterocycles. The Bertz CT molecular complexity index is 297. The van der Waals surface area contributed by atoms with Crippen molar-refractivity contribution in [1.82, 2.24) is 4.90 Å². The summed E-state index contributed by atoms with van der Waals surface area (Å²) >= 11 is 0. The van der Waals surface area contributed by atoms with E-state index in [-0.39, 0.29) is 12.0 Å². The Morgan fingerprint density at radius 1 is 1.64 bits per heavy atom. The van der Waals surface area contributed by atoms with E-state index in [1.165, 1.54) is 0 Å². The number of guanidine groups is 1. The number of esters is 1. The average Bonchev–Trinajstić information content (AvgIpc) is 2.07. The summed E-state index contributed by atoms with van der Waals surface area (Å²) in [6.07, 6.45) is 0. The topological polar surface area (TPSA) is 79.4 Å². The lowest BCUT2D eigenvalue weighted by Crippen LogP contribution is -2.38. The number of carbonyl (C=O) groups excluding carboxylic acids is 1. The molecule has 5 heteroatoms. The summed E-state index contributed by atoms with van der Waals surface area (Å²) in [6, 6.07) is 0. The van der Waals surface area contributed by atoms with E-state index in [4.69, 9.17) is 20.0 Å². The molecule has 0 spiro atoms. The van der Waals surface area contributed by atoms with Crippen molar-refractivity contribution in [1.29, 1.82) is 5.41 Å². The highest BCUT2D eigenvalue weighted by Crippen LogP contribution is 2.12.